The molecule has 0 saturated carbocycles. The normalized spacial score (nSPS) is 12.7. The van der Waals surface area contributed by atoms with Crippen molar-refractivity contribution in [3.05, 3.63) is 24.3 Å². The number of nitrogens with one attached hydrogen (secondary N) is 2. The Morgan fingerprint density at radius 3 is 2.42 bits per heavy atom. The predicted molar refractivity (Wildman–Crippen MR) is 85.3 cm³/mol. The number of aliphatic hydroxyl groups is 1. The molecule has 2 amide bonds. The number of amides is 2. The summed E-state index contributed by atoms with van der Waals surface area (Å²) < 4.78 is 4.32. The first kappa shape index (κ1) is 16.7. The molecule has 1 rings (SSSR count). The second kappa shape index (κ2) is 7.47. The second-order valence-electron chi connectivity index (χ2n) is 3.50. The van der Waals surface area contributed by atoms with Gasteiger partial charge in [0.1, 0.15) is 5.75 Å². The fourth-order valence-corrected chi connectivity index (χ4v) is 1.52. The van der Waals surface area contributed by atoms with Gasteiger partial charge in [0.25, 0.3) is 0 Å². The molecule has 0 aliphatic heterocycles. The highest BCUT2D eigenvalue weighted by atomic mass is 80.0. The molecule has 1 aromatic carbocycles. The van der Waals surface area contributed by atoms with Gasteiger partial charge in [0.15, 0.2) is 8.37 Å². The van der Waals surface area contributed by atoms with Crippen LogP contribution >= 0.6 is 47.8 Å². The molecule has 19 heavy (non-hydrogen) atoms. The lowest BCUT2D eigenvalue weighted by Gasteiger charge is -2.21. The third-order valence-electron chi connectivity index (χ3n) is 2.00. The number of hydrogen-bond acceptors (Lipinski definition) is 3. The molecule has 0 radical (unpaired) electrons. The molecule has 0 fully saturated rings. The molecule has 0 aromatic heterocycles. The Hall–Kier alpha value is -0.310. The maximum atomic E-state index is 11.6. The number of aliphatic hydroxyl groups excluding tert-OH is 1. The van der Waals surface area contributed by atoms with Gasteiger partial charge in [-0.3, -0.25) is 0 Å². The number of anilines is 1. The van der Waals surface area contributed by atoms with Gasteiger partial charge in [0, 0.05) is 5.69 Å². The zero-order valence-corrected chi connectivity index (χ0v) is 14.7. The van der Waals surface area contributed by atoms with Gasteiger partial charge >= 0.3 is 6.03 Å². The van der Waals surface area contributed by atoms with Crippen molar-refractivity contribution >= 4 is 59.5 Å². The van der Waals surface area contributed by atoms with Crippen molar-refractivity contribution in [1.29, 1.82) is 0 Å². The second-order valence-corrected chi connectivity index (χ2v) is 10.4. The van der Waals surface area contributed by atoms with Crippen LogP contribution in [0, 0.1) is 0 Å². The van der Waals surface area contributed by atoms with Gasteiger partial charge in [-0.1, -0.05) is 47.8 Å². The maximum absolute atomic E-state index is 11.6. The van der Waals surface area contributed by atoms with Crippen molar-refractivity contribution in [3.63, 3.8) is 0 Å². The van der Waals surface area contributed by atoms with Crippen LogP contribution in [0.15, 0.2) is 24.3 Å². The standard InChI is InChI=1S/C11H13Br3N2O3/c1-2-19-8-5-3-7(4-6-8)15-10(18)16-9(17)11(12,13)14/h3-6,9,17H,2H2,1H3,(H2,15,16,18)/t9-/m0/s1. The maximum Gasteiger partial charge on any atom is 0.321 e. The number of halogens is 3. The molecule has 1 atom stereocenters. The fraction of sp³-hybridized carbons (Fsp3) is 0.364. The van der Waals surface area contributed by atoms with Crippen LogP contribution in [-0.2, 0) is 0 Å². The quantitative estimate of drug-likeness (QED) is 0.476. The molecule has 0 bridgehead atoms. The van der Waals surface area contributed by atoms with E-state index in [0.717, 1.165) is 5.75 Å². The van der Waals surface area contributed by atoms with Gasteiger partial charge in [-0.15, -0.1) is 0 Å². The first-order valence-electron chi connectivity index (χ1n) is 5.38. The first-order chi connectivity index (χ1) is 8.82. The molecule has 5 nitrogen and oxygen atoms in total. The van der Waals surface area contributed by atoms with Gasteiger partial charge in [-0.25, -0.2) is 4.79 Å². The Bertz CT molecular complexity index is 420. The minimum atomic E-state index is -1.16. The van der Waals surface area contributed by atoms with E-state index < -0.39 is 14.4 Å². The van der Waals surface area contributed by atoms with Crippen LogP contribution in [0.2, 0.25) is 0 Å². The van der Waals surface area contributed by atoms with E-state index in [0.29, 0.717) is 12.3 Å². The summed E-state index contributed by atoms with van der Waals surface area (Å²) in [6.45, 7) is 2.48. The summed E-state index contributed by atoms with van der Waals surface area (Å²) in [5, 5.41) is 14.5. The van der Waals surface area contributed by atoms with Crippen LogP contribution in [0.4, 0.5) is 10.5 Å². The monoisotopic (exact) mass is 458 g/mol. The Kier molecular flexibility index (Phi) is 6.58. The van der Waals surface area contributed by atoms with Crippen molar-refractivity contribution in [3.8, 4) is 5.75 Å². The van der Waals surface area contributed by atoms with E-state index in [-0.39, 0.29) is 0 Å². The number of hydrogen-bond donors (Lipinski definition) is 3. The van der Waals surface area contributed by atoms with Crippen LogP contribution < -0.4 is 15.4 Å². The van der Waals surface area contributed by atoms with Gasteiger partial charge in [0.2, 0.25) is 0 Å². The van der Waals surface area contributed by atoms with Gasteiger partial charge in [-0.2, -0.15) is 0 Å². The molecular formula is C11H13Br3N2O3. The van der Waals surface area contributed by atoms with E-state index in [4.69, 9.17) is 4.74 Å². The van der Waals surface area contributed by atoms with E-state index in [1.54, 1.807) is 24.3 Å². The summed E-state index contributed by atoms with van der Waals surface area (Å²) in [5.41, 5.74) is 0.595. The lowest BCUT2D eigenvalue weighted by Crippen LogP contribution is -2.44. The average Bonchev–Trinajstić information content (AvgIpc) is 2.30. The molecule has 0 saturated heterocycles. The number of alkyl halides is 3. The lowest BCUT2D eigenvalue weighted by atomic mass is 10.3. The van der Waals surface area contributed by atoms with E-state index in [9.17, 15) is 9.90 Å². The Morgan fingerprint density at radius 2 is 1.95 bits per heavy atom. The van der Waals surface area contributed by atoms with Crippen LogP contribution in [0.1, 0.15) is 6.92 Å². The van der Waals surface area contributed by atoms with E-state index in [1.807, 2.05) is 6.92 Å². The number of rotatable bonds is 4. The van der Waals surface area contributed by atoms with Crippen molar-refractivity contribution in [2.75, 3.05) is 11.9 Å². The number of carbonyl (C=O) groups is 1. The first-order valence-corrected chi connectivity index (χ1v) is 7.76. The predicted octanol–water partition coefficient (Wildman–Crippen LogP) is 3.36. The third kappa shape index (κ3) is 6.11. The number of carbonyl (C=O) groups excluding carboxylic acids is 1. The summed E-state index contributed by atoms with van der Waals surface area (Å²) in [6.07, 6.45) is -1.16. The van der Waals surface area contributed by atoms with Gasteiger partial charge in [-0.05, 0) is 31.2 Å². The number of benzene rings is 1. The Balaban J connectivity index is 2.53. The smallest absolute Gasteiger partial charge is 0.321 e. The molecule has 0 spiro atoms. The van der Waals surface area contributed by atoms with E-state index in [1.165, 1.54) is 0 Å². The highest BCUT2D eigenvalue weighted by molar-refractivity contribution is 9.39. The summed E-state index contributed by atoms with van der Waals surface area (Å²) in [6, 6.07) is 6.39. The number of urea groups is 1. The summed E-state index contributed by atoms with van der Waals surface area (Å²) in [7, 11) is 0. The summed E-state index contributed by atoms with van der Waals surface area (Å²) in [4.78, 5) is 11.6. The molecule has 0 unspecified atom stereocenters. The summed E-state index contributed by atoms with van der Waals surface area (Å²) >= 11 is 9.33. The summed E-state index contributed by atoms with van der Waals surface area (Å²) in [5.74, 6) is 0.730. The van der Waals surface area contributed by atoms with Crippen molar-refractivity contribution in [1.82, 2.24) is 5.32 Å². The molecule has 1 aromatic rings. The zero-order valence-electron chi connectivity index (χ0n) is 9.99. The Labute approximate surface area is 136 Å². The molecule has 0 heterocycles. The van der Waals surface area contributed by atoms with Crippen molar-refractivity contribution < 1.29 is 14.6 Å². The van der Waals surface area contributed by atoms with E-state index >= 15 is 0 Å². The molecule has 8 heteroatoms. The van der Waals surface area contributed by atoms with Crippen LogP contribution in [0.3, 0.4) is 0 Å². The highest BCUT2D eigenvalue weighted by Gasteiger charge is 2.30. The third-order valence-corrected chi connectivity index (χ3v) is 3.30. The largest absolute Gasteiger partial charge is 0.494 e. The zero-order chi connectivity index (χ0) is 14.5. The molecular weight excluding hydrogens is 448 g/mol. The van der Waals surface area contributed by atoms with Crippen LogP contribution in [0.5, 0.6) is 5.75 Å². The minimum Gasteiger partial charge on any atom is -0.494 e. The SMILES string of the molecule is CCOc1ccc(NC(=O)N[C@@H](O)C(Br)(Br)Br)cc1. The van der Waals surface area contributed by atoms with Crippen LogP contribution in [-0.4, -0.2) is 26.1 Å². The minimum absolute atomic E-state index is 0.528. The van der Waals surface area contributed by atoms with Gasteiger partial charge < -0.3 is 20.5 Å². The van der Waals surface area contributed by atoms with Crippen molar-refractivity contribution in [2.24, 2.45) is 0 Å². The van der Waals surface area contributed by atoms with Crippen LogP contribution in [0.25, 0.3) is 0 Å². The molecule has 0 aliphatic rings. The lowest BCUT2D eigenvalue weighted by molar-refractivity contribution is 0.157. The van der Waals surface area contributed by atoms with E-state index in [2.05, 4.69) is 58.4 Å². The molecule has 3 N–H and O–H groups in total. The average molecular weight is 461 g/mol. The van der Waals surface area contributed by atoms with Crippen molar-refractivity contribution in [2.45, 2.75) is 15.3 Å². The highest BCUT2D eigenvalue weighted by Crippen LogP contribution is 2.35. The topological polar surface area (TPSA) is 70.6 Å². The molecule has 0 aliphatic carbocycles. The Morgan fingerprint density at radius 1 is 1.37 bits per heavy atom. The fourth-order valence-electron chi connectivity index (χ4n) is 1.17. The van der Waals surface area contributed by atoms with Gasteiger partial charge in [0.05, 0.1) is 6.61 Å². The number of ether oxygens (including phenoxy) is 1. The molecule has 106 valence electrons.